The lowest BCUT2D eigenvalue weighted by Crippen LogP contribution is -2.31. The maximum absolute atomic E-state index is 4.50. The summed E-state index contributed by atoms with van der Waals surface area (Å²) in [5, 5.41) is 3.63. The van der Waals surface area contributed by atoms with Gasteiger partial charge in [-0.2, -0.15) is 0 Å². The number of nitrogens with zero attached hydrogens (tertiary/aromatic N) is 4. The van der Waals surface area contributed by atoms with Gasteiger partial charge in [-0.15, -0.1) is 0 Å². The molecule has 4 rings (SSSR count). The van der Waals surface area contributed by atoms with Crippen LogP contribution in [0, 0.1) is 0 Å². The van der Waals surface area contributed by atoms with Gasteiger partial charge in [-0.1, -0.05) is 0 Å². The van der Waals surface area contributed by atoms with E-state index in [4.69, 9.17) is 0 Å². The van der Waals surface area contributed by atoms with Crippen LogP contribution in [0.2, 0.25) is 0 Å². The molecule has 5 nitrogen and oxygen atoms in total. The highest BCUT2D eigenvalue weighted by atomic mass is 15.3. The SMILES string of the molecule is CC1CC(Nc2ccc(-n3ccnc3)nc2)CN1C1CC1. The van der Waals surface area contributed by atoms with Gasteiger partial charge < -0.3 is 5.32 Å². The molecule has 1 aliphatic heterocycles. The van der Waals surface area contributed by atoms with Gasteiger partial charge in [0.2, 0.25) is 0 Å². The van der Waals surface area contributed by atoms with E-state index in [0.29, 0.717) is 12.1 Å². The van der Waals surface area contributed by atoms with Gasteiger partial charge in [-0.25, -0.2) is 9.97 Å². The first-order valence-electron chi connectivity index (χ1n) is 7.76. The van der Waals surface area contributed by atoms with E-state index in [2.05, 4.69) is 33.2 Å². The summed E-state index contributed by atoms with van der Waals surface area (Å²) in [6.45, 7) is 3.51. The normalized spacial score (nSPS) is 26.1. The second-order valence-electron chi connectivity index (χ2n) is 6.23. The Morgan fingerprint density at radius 1 is 1.29 bits per heavy atom. The van der Waals surface area contributed by atoms with Crippen LogP contribution in [0.25, 0.3) is 5.82 Å². The summed E-state index contributed by atoms with van der Waals surface area (Å²) in [6, 6.07) is 6.23. The topological polar surface area (TPSA) is 46.0 Å². The van der Waals surface area contributed by atoms with Gasteiger partial charge in [-0.3, -0.25) is 9.47 Å². The maximum atomic E-state index is 4.50. The predicted octanol–water partition coefficient (Wildman–Crippen LogP) is 2.30. The highest BCUT2D eigenvalue weighted by molar-refractivity contribution is 5.44. The fourth-order valence-electron chi connectivity index (χ4n) is 3.33. The second kappa shape index (κ2) is 5.15. The average molecular weight is 283 g/mol. The number of aromatic nitrogens is 3. The molecule has 0 spiro atoms. The molecule has 0 aromatic carbocycles. The van der Waals surface area contributed by atoms with E-state index in [0.717, 1.165) is 24.1 Å². The van der Waals surface area contributed by atoms with Gasteiger partial charge in [0, 0.05) is 37.1 Å². The molecule has 1 saturated heterocycles. The van der Waals surface area contributed by atoms with Gasteiger partial charge in [0.25, 0.3) is 0 Å². The molecule has 5 heteroatoms. The van der Waals surface area contributed by atoms with Crippen molar-refractivity contribution in [3.63, 3.8) is 0 Å². The summed E-state index contributed by atoms with van der Waals surface area (Å²) in [6.07, 6.45) is 11.3. The lowest BCUT2D eigenvalue weighted by molar-refractivity contribution is 0.257. The van der Waals surface area contributed by atoms with Crippen molar-refractivity contribution in [1.29, 1.82) is 0 Å². The largest absolute Gasteiger partial charge is 0.380 e. The third-order valence-electron chi connectivity index (χ3n) is 4.53. The molecule has 2 aliphatic rings. The Labute approximate surface area is 125 Å². The molecular formula is C16H21N5. The first-order chi connectivity index (χ1) is 10.3. The van der Waals surface area contributed by atoms with Crippen molar-refractivity contribution in [2.45, 2.75) is 44.3 Å². The zero-order valence-corrected chi connectivity index (χ0v) is 12.3. The van der Waals surface area contributed by atoms with Crippen LogP contribution >= 0.6 is 0 Å². The number of hydrogen-bond donors (Lipinski definition) is 1. The van der Waals surface area contributed by atoms with Gasteiger partial charge in [-0.05, 0) is 38.3 Å². The third-order valence-corrected chi connectivity index (χ3v) is 4.53. The van der Waals surface area contributed by atoms with Crippen molar-refractivity contribution in [3.8, 4) is 5.82 Å². The van der Waals surface area contributed by atoms with Gasteiger partial charge in [0.15, 0.2) is 0 Å². The molecule has 21 heavy (non-hydrogen) atoms. The van der Waals surface area contributed by atoms with Crippen molar-refractivity contribution in [1.82, 2.24) is 19.4 Å². The van der Waals surface area contributed by atoms with E-state index in [9.17, 15) is 0 Å². The molecular weight excluding hydrogens is 262 g/mol. The highest BCUT2D eigenvalue weighted by Gasteiger charge is 2.38. The van der Waals surface area contributed by atoms with Crippen LogP contribution in [-0.4, -0.2) is 44.1 Å². The summed E-state index contributed by atoms with van der Waals surface area (Å²) >= 11 is 0. The van der Waals surface area contributed by atoms with Crippen LogP contribution < -0.4 is 5.32 Å². The van der Waals surface area contributed by atoms with E-state index in [1.54, 1.807) is 12.5 Å². The Morgan fingerprint density at radius 2 is 2.19 bits per heavy atom. The molecule has 110 valence electrons. The molecule has 1 aliphatic carbocycles. The molecule has 1 saturated carbocycles. The van der Waals surface area contributed by atoms with Crippen molar-refractivity contribution in [3.05, 3.63) is 37.1 Å². The number of anilines is 1. The molecule has 2 fully saturated rings. The van der Waals surface area contributed by atoms with Gasteiger partial charge in [0.05, 0.1) is 11.9 Å². The molecule has 0 radical (unpaired) electrons. The Morgan fingerprint density at radius 3 is 2.86 bits per heavy atom. The molecule has 3 heterocycles. The van der Waals surface area contributed by atoms with E-state index >= 15 is 0 Å². The molecule has 2 aromatic rings. The Kier molecular flexibility index (Phi) is 3.15. The summed E-state index contributed by atoms with van der Waals surface area (Å²) in [7, 11) is 0. The fraction of sp³-hybridized carbons (Fsp3) is 0.500. The van der Waals surface area contributed by atoms with Gasteiger partial charge in [0.1, 0.15) is 12.1 Å². The minimum atomic E-state index is 0.543. The van der Waals surface area contributed by atoms with Crippen molar-refractivity contribution in [2.75, 3.05) is 11.9 Å². The standard InChI is InChI=1S/C16H21N5/c1-12-8-14(10-21(12)15-3-4-15)19-13-2-5-16(18-9-13)20-7-6-17-11-20/h2,5-7,9,11-12,14-15,19H,3-4,8,10H2,1H3. The number of nitrogens with one attached hydrogen (secondary N) is 1. The number of rotatable bonds is 4. The van der Waals surface area contributed by atoms with Crippen molar-refractivity contribution < 1.29 is 0 Å². The second-order valence-corrected chi connectivity index (χ2v) is 6.23. The smallest absolute Gasteiger partial charge is 0.137 e. The molecule has 2 aromatic heterocycles. The Bertz CT molecular complexity index is 588. The summed E-state index contributed by atoms with van der Waals surface area (Å²) in [5.41, 5.74) is 1.11. The molecule has 1 N–H and O–H groups in total. The lowest BCUT2D eigenvalue weighted by atomic mass is 10.2. The zero-order chi connectivity index (χ0) is 14.2. The predicted molar refractivity (Wildman–Crippen MR) is 82.6 cm³/mol. The average Bonchev–Trinajstić information content (AvgIpc) is 3.05. The zero-order valence-electron chi connectivity index (χ0n) is 12.3. The number of pyridine rings is 1. The maximum Gasteiger partial charge on any atom is 0.137 e. The number of hydrogen-bond acceptors (Lipinski definition) is 4. The van der Waals surface area contributed by atoms with E-state index in [1.807, 2.05) is 23.0 Å². The first kappa shape index (κ1) is 12.8. The van der Waals surface area contributed by atoms with Crippen LogP contribution in [0.3, 0.4) is 0 Å². The highest BCUT2D eigenvalue weighted by Crippen LogP contribution is 2.34. The van der Waals surface area contributed by atoms with E-state index < -0.39 is 0 Å². The van der Waals surface area contributed by atoms with E-state index in [-0.39, 0.29) is 0 Å². The monoisotopic (exact) mass is 283 g/mol. The molecule has 0 amide bonds. The lowest BCUT2D eigenvalue weighted by Gasteiger charge is -2.19. The Balaban J connectivity index is 1.41. The van der Waals surface area contributed by atoms with Crippen LogP contribution in [0.5, 0.6) is 0 Å². The van der Waals surface area contributed by atoms with Crippen LogP contribution in [0.4, 0.5) is 5.69 Å². The first-order valence-corrected chi connectivity index (χ1v) is 7.76. The minimum Gasteiger partial charge on any atom is -0.380 e. The van der Waals surface area contributed by atoms with Crippen molar-refractivity contribution in [2.24, 2.45) is 0 Å². The molecule has 2 atom stereocenters. The van der Waals surface area contributed by atoms with Crippen LogP contribution in [-0.2, 0) is 0 Å². The van der Waals surface area contributed by atoms with E-state index in [1.165, 1.54) is 19.3 Å². The van der Waals surface area contributed by atoms with Crippen LogP contribution in [0.15, 0.2) is 37.1 Å². The number of imidazole rings is 1. The quantitative estimate of drug-likeness (QED) is 0.935. The van der Waals surface area contributed by atoms with Crippen molar-refractivity contribution >= 4 is 5.69 Å². The third kappa shape index (κ3) is 2.65. The van der Waals surface area contributed by atoms with Crippen LogP contribution in [0.1, 0.15) is 26.2 Å². The summed E-state index contributed by atoms with van der Waals surface area (Å²) in [5.74, 6) is 0.900. The minimum absolute atomic E-state index is 0.543. The fourth-order valence-corrected chi connectivity index (χ4v) is 3.33. The summed E-state index contributed by atoms with van der Waals surface area (Å²) < 4.78 is 1.91. The molecule has 0 bridgehead atoms. The number of likely N-dealkylation sites (tertiary alicyclic amines) is 1. The van der Waals surface area contributed by atoms with Gasteiger partial charge >= 0.3 is 0 Å². The molecule has 2 unspecified atom stereocenters. The Hall–Kier alpha value is -1.88. The summed E-state index contributed by atoms with van der Waals surface area (Å²) in [4.78, 5) is 11.2.